The molecule has 282 valence electrons. The molecule has 1 aliphatic heterocycles. The number of aromatic amines is 1. The van der Waals surface area contributed by atoms with Crippen LogP contribution in [0.25, 0.3) is 5.57 Å². The number of H-pyrrole nitrogens is 1. The Kier molecular flexibility index (Phi) is 10.2. The Morgan fingerprint density at radius 2 is 1.75 bits per heavy atom. The maximum absolute atomic E-state index is 14.1. The first-order valence-electron chi connectivity index (χ1n) is 15.1. The third-order valence-corrected chi connectivity index (χ3v) is 9.00. The molecular formula is C30H27ClF8N6O7. The molecule has 1 amide bonds. The average molecular weight is 771 g/mol. The lowest BCUT2D eigenvalue weighted by Crippen LogP contribution is -2.43. The molecule has 2 fully saturated rings. The number of benzene rings is 1. The number of anilines is 1. The van der Waals surface area contributed by atoms with Crippen molar-refractivity contribution in [3.05, 3.63) is 51.8 Å². The minimum atomic E-state index is -6.37. The number of hydrogen-bond acceptors (Lipinski definition) is 10. The smallest absolute Gasteiger partial charge is 0.481 e. The number of carbonyl (C=O) groups is 3. The van der Waals surface area contributed by atoms with E-state index in [9.17, 15) is 59.9 Å². The Labute approximate surface area is 293 Å². The van der Waals surface area contributed by atoms with E-state index in [0.717, 1.165) is 16.1 Å². The number of carboxylic acids is 1. The fraction of sp³-hybridized carbons (Fsp3) is 0.500. The zero-order valence-corrected chi connectivity index (χ0v) is 27.5. The average Bonchev–Trinajstić information content (AvgIpc) is 3.94. The summed E-state index contributed by atoms with van der Waals surface area (Å²) in [5.74, 6) is -9.10. The van der Waals surface area contributed by atoms with Crippen molar-refractivity contribution < 1.29 is 68.8 Å². The molecule has 13 nitrogen and oxygen atoms in total. The van der Waals surface area contributed by atoms with E-state index in [0.29, 0.717) is 17.9 Å². The molecule has 2 aliphatic carbocycles. The number of carbonyl (C=O) groups excluding carboxylic acids is 2. The number of hydrogen-bond donors (Lipinski definition) is 2. The van der Waals surface area contributed by atoms with Gasteiger partial charge >= 0.3 is 30.4 Å². The Balaban J connectivity index is 1.32. The van der Waals surface area contributed by atoms with Gasteiger partial charge in [-0.1, -0.05) is 17.7 Å². The highest BCUT2D eigenvalue weighted by molar-refractivity contribution is 6.34. The lowest BCUT2D eigenvalue weighted by Gasteiger charge is -2.27. The molecule has 5 rings (SSSR count). The highest BCUT2D eigenvalue weighted by atomic mass is 35.5. The van der Waals surface area contributed by atoms with Gasteiger partial charge in [-0.25, -0.2) is 9.80 Å². The first-order chi connectivity index (χ1) is 24.2. The topological polar surface area (TPSA) is 161 Å². The SMILES string of the molecule is CN1CC(c2ccc(Cl)c(C(=O)N(COC(=O)OCCOCC3(C(=O)O)CC3)C3(C#N)CC3)c2)=CN1c1n[nH]c(C(F)(F)C(F)(F)F)c1C(F)(F)F. The van der Waals surface area contributed by atoms with Crippen molar-refractivity contribution in [1.82, 2.24) is 20.1 Å². The minimum absolute atomic E-state index is 0.0713. The van der Waals surface area contributed by atoms with Crippen LogP contribution in [0.15, 0.2) is 24.4 Å². The Morgan fingerprint density at radius 1 is 1.08 bits per heavy atom. The molecule has 0 unspecified atom stereocenters. The van der Waals surface area contributed by atoms with Crippen LogP contribution in [0.1, 0.15) is 52.9 Å². The summed E-state index contributed by atoms with van der Waals surface area (Å²) in [5.41, 5.74) is -7.09. The number of alkyl halides is 8. The third-order valence-electron chi connectivity index (χ3n) is 8.67. The molecule has 1 aromatic heterocycles. The number of likely N-dealkylation sites (N-methyl/N-ethyl adjacent to an activating group) is 1. The number of hydrazine groups is 1. The van der Waals surface area contributed by atoms with Crippen LogP contribution >= 0.6 is 11.6 Å². The Hall–Kier alpha value is -4.68. The standard InChI is InChI=1S/C30H27ClF8N6O7/c1-43-11-17(12-45(43)22-20(29(34,35)36)21(41-42-22)28(32,33)30(37,38)39)16-2-3-19(31)18(10-16)23(46)44(27(13-40)6-7-27)15-52-25(49)51-9-8-50-14-26(4-5-26)24(47)48/h2-3,10,12H,4-9,11,14-15H2,1H3,(H,41,42)(H,47,48). The summed E-state index contributed by atoms with van der Waals surface area (Å²) < 4.78 is 124. The molecule has 3 aliphatic rings. The van der Waals surface area contributed by atoms with Gasteiger partial charge in [0.1, 0.15) is 23.4 Å². The van der Waals surface area contributed by atoms with Crippen LogP contribution in [0.5, 0.6) is 0 Å². The Bertz CT molecular complexity index is 1820. The molecule has 0 spiro atoms. The second-order valence-corrected chi connectivity index (χ2v) is 12.7. The molecule has 0 saturated heterocycles. The summed E-state index contributed by atoms with van der Waals surface area (Å²) in [4.78, 5) is 38.2. The van der Waals surface area contributed by atoms with Crippen molar-refractivity contribution in [3.8, 4) is 6.07 Å². The van der Waals surface area contributed by atoms with E-state index in [1.807, 2.05) is 6.07 Å². The molecule has 2 heterocycles. The van der Waals surface area contributed by atoms with Crippen LogP contribution in [0.2, 0.25) is 5.02 Å². The monoisotopic (exact) mass is 770 g/mol. The molecule has 2 aromatic rings. The van der Waals surface area contributed by atoms with Crippen molar-refractivity contribution >= 4 is 41.0 Å². The van der Waals surface area contributed by atoms with Crippen LogP contribution in [0, 0.1) is 16.7 Å². The predicted molar refractivity (Wildman–Crippen MR) is 159 cm³/mol. The van der Waals surface area contributed by atoms with Gasteiger partial charge in [0.15, 0.2) is 12.5 Å². The number of aromatic nitrogens is 2. The molecule has 0 bridgehead atoms. The fourth-order valence-corrected chi connectivity index (χ4v) is 5.48. The van der Waals surface area contributed by atoms with E-state index in [-0.39, 0.29) is 60.9 Å². The zero-order chi connectivity index (χ0) is 38.4. The van der Waals surface area contributed by atoms with Gasteiger partial charge in [-0.15, -0.1) is 0 Å². The number of aliphatic carboxylic acids is 1. The molecule has 0 atom stereocenters. The van der Waals surface area contributed by atoms with Gasteiger partial charge in [-0.2, -0.15) is 45.5 Å². The number of ether oxygens (including phenoxy) is 3. The quantitative estimate of drug-likeness (QED) is 0.107. The highest BCUT2D eigenvalue weighted by Gasteiger charge is 2.64. The van der Waals surface area contributed by atoms with E-state index < -0.39 is 71.1 Å². The molecule has 0 radical (unpaired) electrons. The van der Waals surface area contributed by atoms with Gasteiger partial charge in [-0.05, 0) is 49.0 Å². The summed E-state index contributed by atoms with van der Waals surface area (Å²) in [5, 5.41) is 24.8. The van der Waals surface area contributed by atoms with E-state index in [1.165, 1.54) is 30.3 Å². The first-order valence-corrected chi connectivity index (χ1v) is 15.5. The molecule has 2 saturated carbocycles. The summed E-state index contributed by atoms with van der Waals surface area (Å²) in [7, 11) is 1.20. The lowest BCUT2D eigenvalue weighted by atomic mass is 10.0. The van der Waals surface area contributed by atoms with Gasteiger partial charge in [0.2, 0.25) is 0 Å². The number of rotatable bonds is 13. The van der Waals surface area contributed by atoms with Gasteiger partial charge in [-0.3, -0.25) is 24.6 Å². The van der Waals surface area contributed by atoms with Crippen molar-refractivity contribution in [2.75, 3.05) is 45.2 Å². The summed E-state index contributed by atoms with van der Waals surface area (Å²) in [6.45, 7) is -1.53. The number of nitrogens with one attached hydrogen (secondary N) is 1. The second-order valence-electron chi connectivity index (χ2n) is 12.3. The molecule has 22 heteroatoms. The maximum Gasteiger partial charge on any atom is 0.510 e. The van der Waals surface area contributed by atoms with E-state index in [2.05, 4.69) is 5.10 Å². The van der Waals surface area contributed by atoms with Crippen LogP contribution in [-0.2, 0) is 31.1 Å². The van der Waals surface area contributed by atoms with Crippen LogP contribution in [-0.4, -0.2) is 95.1 Å². The fourth-order valence-electron chi connectivity index (χ4n) is 5.29. The minimum Gasteiger partial charge on any atom is -0.481 e. The number of nitriles is 1. The largest absolute Gasteiger partial charge is 0.510 e. The van der Waals surface area contributed by atoms with Crippen LogP contribution < -0.4 is 5.01 Å². The van der Waals surface area contributed by atoms with Crippen LogP contribution in [0.4, 0.5) is 45.7 Å². The van der Waals surface area contributed by atoms with Gasteiger partial charge in [0, 0.05) is 19.8 Å². The molecular weight excluding hydrogens is 744 g/mol. The van der Waals surface area contributed by atoms with Crippen molar-refractivity contribution in [3.63, 3.8) is 0 Å². The van der Waals surface area contributed by atoms with Gasteiger partial charge < -0.3 is 19.3 Å². The molecule has 1 aromatic carbocycles. The maximum atomic E-state index is 14.1. The number of nitrogens with zero attached hydrogens (tertiary/aromatic N) is 5. The summed E-state index contributed by atoms with van der Waals surface area (Å²) in [6.07, 6.45) is -11.0. The Morgan fingerprint density at radius 3 is 2.31 bits per heavy atom. The van der Waals surface area contributed by atoms with Crippen LogP contribution in [0.3, 0.4) is 0 Å². The van der Waals surface area contributed by atoms with Gasteiger partial charge in [0.05, 0.1) is 35.3 Å². The highest BCUT2D eigenvalue weighted by Crippen LogP contribution is 2.50. The second kappa shape index (κ2) is 13.7. The number of halogens is 9. The van der Waals surface area contributed by atoms with Gasteiger partial charge in [0.25, 0.3) is 5.91 Å². The zero-order valence-electron chi connectivity index (χ0n) is 26.7. The van der Waals surface area contributed by atoms with Crippen molar-refractivity contribution in [1.29, 1.82) is 5.26 Å². The summed E-state index contributed by atoms with van der Waals surface area (Å²) >= 11 is 6.32. The van der Waals surface area contributed by atoms with Crippen molar-refractivity contribution in [2.45, 2.75) is 49.5 Å². The molecule has 2 N–H and O–H groups in total. The number of carboxylic acid groups (broad SMARTS) is 1. The normalized spacial score (nSPS) is 18.0. The summed E-state index contributed by atoms with van der Waals surface area (Å²) in [6, 6.07) is 5.81. The van der Waals surface area contributed by atoms with E-state index in [4.69, 9.17) is 25.8 Å². The van der Waals surface area contributed by atoms with E-state index in [1.54, 1.807) is 0 Å². The third kappa shape index (κ3) is 7.45. The van der Waals surface area contributed by atoms with Crippen molar-refractivity contribution in [2.24, 2.45) is 5.41 Å². The van der Waals surface area contributed by atoms with E-state index >= 15 is 0 Å². The number of amides is 1. The first kappa shape index (κ1) is 38.5. The predicted octanol–water partition coefficient (Wildman–Crippen LogP) is 5.93. The molecule has 52 heavy (non-hydrogen) atoms. The lowest BCUT2D eigenvalue weighted by molar-refractivity contribution is -0.292.